The van der Waals surface area contributed by atoms with Gasteiger partial charge < -0.3 is 5.32 Å². The van der Waals surface area contributed by atoms with Gasteiger partial charge in [-0.2, -0.15) is 0 Å². The molecule has 3 nitrogen and oxygen atoms in total. The highest BCUT2D eigenvalue weighted by Gasteiger charge is 2.11. The fourth-order valence-corrected chi connectivity index (χ4v) is 2.78. The van der Waals surface area contributed by atoms with Crippen LogP contribution < -0.4 is 5.32 Å². The van der Waals surface area contributed by atoms with E-state index in [0.29, 0.717) is 33.0 Å². The number of hydrogen-bond acceptors (Lipinski definition) is 2. The number of rotatable bonds is 4. The molecule has 0 saturated heterocycles. The highest BCUT2D eigenvalue weighted by molar-refractivity contribution is 9.10. The van der Waals surface area contributed by atoms with Crippen LogP contribution in [0.15, 0.2) is 34.9 Å². The molecule has 0 aliphatic rings. The quantitative estimate of drug-likeness (QED) is 0.740. The van der Waals surface area contributed by atoms with Crippen molar-refractivity contribution in [3.05, 3.63) is 61.3 Å². The van der Waals surface area contributed by atoms with Crippen LogP contribution in [0.1, 0.15) is 15.9 Å². The lowest BCUT2D eigenvalue weighted by molar-refractivity contribution is 0.0953. The Balaban J connectivity index is 1.97. The van der Waals surface area contributed by atoms with E-state index in [9.17, 15) is 4.79 Å². The lowest BCUT2D eigenvalue weighted by atomic mass is 10.1. The SMILES string of the molecule is O=C(NCCc1ccc(Cl)cc1Cl)c1cc(Cl)ncc1Br. The molecule has 0 fully saturated rings. The highest BCUT2D eigenvalue weighted by Crippen LogP contribution is 2.21. The van der Waals surface area contributed by atoms with Gasteiger partial charge in [-0.25, -0.2) is 4.98 Å². The van der Waals surface area contributed by atoms with Crippen molar-refractivity contribution in [1.29, 1.82) is 0 Å². The zero-order valence-corrected chi connectivity index (χ0v) is 14.5. The summed E-state index contributed by atoms with van der Waals surface area (Å²) in [4.78, 5) is 15.9. The minimum absolute atomic E-state index is 0.226. The van der Waals surface area contributed by atoms with E-state index in [0.717, 1.165) is 5.56 Å². The standard InChI is InChI=1S/C14H10BrCl3N2O/c15-11-7-20-13(18)6-10(11)14(21)19-4-3-8-1-2-9(16)5-12(8)17/h1-2,5-7H,3-4H2,(H,19,21). The molecule has 1 heterocycles. The first kappa shape index (κ1) is 16.6. The fraction of sp³-hybridized carbons (Fsp3) is 0.143. The molecule has 0 aliphatic carbocycles. The zero-order chi connectivity index (χ0) is 15.4. The van der Waals surface area contributed by atoms with Crippen molar-refractivity contribution in [1.82, 2.24) is 10.3 Å². The maximum atomic E-state index is 12.1. The number of amides is 1. The van der Waals surface area contributed by atoms with Crippen LogP contribution in [-0.2, 0) is 6.42 Å². The molecule has 0 atom stereocenters. The monoisotopic (exact) mass is 406 g/mol. The first-order valence-corrected chi connectivity index (χ1v) is 7.93. The van der Waals surface area contributed by atoms with Gasteiger partial charge in [-0.15, -0.1) is 0 Å². The van der Waals surface area contributed by atoms with Gasteiger partial charge in [0.25, 0.3) is 5.91 Å². The predicted molar refractivity (Wildman–Crippen MR) is 89.4 cm³/mol. The van der Waals surface area contributed by atoms with E-state index in [1.54, 1.807) is 12.1 Å². The minimum Gasteiger partial charge on any atom is -0.352 e. The summed E-state index contributed by atoms with van der Waals surface area (Å²) in [5.74, 6) is -0.226. The number of aromatic nitrogens is 1. The Morgan fingerprint density at radius 2 is 2.00 bits per heavy atom. The van der Waals surface area contributed by atoms with Gasteiger partial charge in [-0.1, -0.05) is 40.9 Å². The molecule has 7 heteroatoms. The van der Waals surface area contributed by atoms with Crippen molar-refractivity contribution >= 4 is 56.6 Å². The summed E-state index contributed by atoms with van der Waals surface area (Å²) >= 11 is 21.0. The number of pyridine rings is 1. The van der Waals surface area contributed by atoms with Crippen molar-refractivity contribution in [2.75, 3.05) is 6.54 Å². The number of carbonyl (C=O) groups excluding carboxylic acids is 1. The molecule has 110 valence electrons. The highest BCUT2D eigenvalue weighted by atomic mass is 79.9. The maximum absolute atomic E-state index is 12.1. The van der Waals surface area contributed by atoms with Crippen molar-refractivity contribution in [3.63, 3.8) is 0 Å². The molecule has 1 aromatic carbocycles. The van der Waals surface area contributed by atoms with Crippen molar-refractivity contribution < 1.29 is 4.79 Å². The molecule has 0 spiro atoms. The molecule has 1 N–H and O–H groups in total. The number of benzene rings is 1. The third-order valence-corrected chi connectivity index (χ3v) is 4.19. The van der Waals surface area contributed by atoms with E-state index in [4.69, 9.17) is 34.8 Å². The average Bonchev–Trinajstić information content (AvgIpc) is 2.43. The zero-order valence-electron chi connectivity index (χ0n) is 10.7. The Bertz CT molecular complexity index is 679. The summed E-state index contributed by atoms with van der Waals surface area (Å²) in [6.45, 7) is 0.451. The number of nitrogens with zero attached hydrogens (tertiary/aromatic N) is 1. The molecule has 1 amide bonds. The van der Waals surface area contributed by atoms with Gasteiger partial charge in [-0.05, 0) is 46.1 Å². The third-order valence-electron chi connectivity index (χ3n) is 2.76. The van der Waals surface area contributed by atoms with E-state index in [-0.39, 0.29) is 11.1 Å². The molecule has 0 unspecified atom stereocenters. The number of hydrogen-bond donors (Lipinski definition) is 1. The number of halogens is 4. The number of nitrogens with one attached hydrogen (secondary N) is 1. The Morgan fingerprint density at radius 1 is 1.24 bits per heavy atom. The number of carbonyl (C=O) groups is 1. The molecule has 2 rings (SSSR count). The van der Waals surface area contributed by atoms with Crippen LogP contribution in [0, 0.1) is 0 Å². The van der Waals surface area contributed by atoms with Crippen LogP contribution in [0.3, 0.4) is 0 Å². The summed E-state index contributed by atoms with van der Waals surface area (Å²) < 4.78 is 0.592. The van der Waals surface area contributed by atoms with Crippen LogP contribution >= 0.6 is 50.7 Å². The Hall–Kier alpha value is -0.810. The lowest BCUT2D eigenvalue weighted by Gasteiger charge is -2.08. The van der Waals surface area contributed by atoms with E-state index in [1.165, 1.54) is 12.3 Å². The second-order valence-corrected chi connectivity index (χ2v) is 6.31. The van der Waals surface area contributed by atoms with Gasteiger partial charge in [0.2, 0.25) is 0 Å². The first-order valence-electron chi connectivity index (χ1n) is 6.00. The largest absolute Gasteiger partial charge is 0.352 e. The molecule has 1 aromatic heterocycles. The van der Waals surface area contributed by atoms with E-state index >= 15 is 0 Å². The average molecular weight is 409 g/mol. The molecule has 0 aliphatic heterocycles. The summed E-state index contributed by atoms with van der Waals surface area (Å²) in [7, 11) is 0. The van der Waals surface area contributed by atoms with Crippen LogP contribution in [0.25, 0.3) is 0 Å². The smallest absolute Gasteiger partial charge is 0.252 e. The van der Waals surface area contributed by atoms with Gasteiger partial charge in [0.05, 0.1) is 5.56 Å². The van der Waals surface area contributed by atoms with Crippen LogP contribution in [0.4, 0.5) is 0 Å². The van der Waals surface area contributed by atoms with Crippen LogP contribution in [0.5, 0.6) is 0 Å². The minimum atomic E-state index is -0.226. The summed E-state index contributed by atoms with van der Waals surface area (Å²) in [5, 5.41) is 4.25. The molecule has 21 heavy (non-hydrogen) atoms. The van der Waals surface area contributed by atoms with Gasteiger partial charge in [-0.3, -0.25) is 4.79 Å². The molecule has 0 bridgehead atoms. The van der Waals surface area contributed by atoms with Gasteiger partial charge in [0.15, 0.2) is 0 Å². The second kappa shape index (κ2) is 7.45. The van der Waals surface area contributed by atoms with E-state index < -0.39 is 0 Å². The summed E-state index contributed by atoms with van der Waals surface area (Å²) in [6, 6.07) is 6.80. The van der Waals surface area contributed by atoms with E-state index in [2.05, 4.69) is 26.2 Å². The van der Waals surface area contributed by atoms with Crippen LogP contribution in [-0.4, -0.2) is 17.4 Å². The maximum Gasteiger partial charge on any atom is 0.252 e. The van der Waals surface area contributed by atoms with Gasteiger partial charge >= 0.3 is 0 Å². The molecule has 0 saturated carbocycles. The molecule has 2 aromatic rings. The first-order chi connectivity index (χ1) is 9.97. The summed E-state index contributed by atoms with van der Waals surface area (Å²) in [5.41, 5.74) is 1.37. The predicted octanol–water partition coefficient (Wildman–Crippen LogP) is 4.78. The van der Waals surface area contributed by atoms with E-state index in [1.807, 2.05) is 6.07 Å². The molecular weight excluding hydrogens is 398 g/mol. The molecule has 0 radical (unpaired) electrons. The lowest BCUT2D eigenvalue weighted by Crippen LogP contribution is -2.26. The third kappa shape index (κ3) is 4.58. The Labute approximate surface area is 145 Å². The van der Waals surface area contributed by atoms with Crippen molar-refractivity contribution in [2.45, 2.75) is 6.42 Å². The fourth-order valence-electron chi connectivity index (χ4n) is 1.72. The summed E-state index contributed by atoms with van der Waals surface area (Å²) in [6.07, 6.45) is 2.10. The van der Waals surface area contributed by atoms with Gasteiger partial charge in [0.1, 0.15) is 5.15 Å². The van der Waals surface area contributed by atoms with Crippen molar-refractivity contribution in [2.24, 2.45) is 0 Å². The topological polar surface area (TPSA) is 42.0 Å². The van der Waals surface area contributed by atoms with Crippen molar-refractivity contribution in [3.8, 4) is 0 Å². The van der Waals surface area contributed by atoms with Crippen LogP contribution in [0.2, 0.25) is 15.2 Å². The molecular formula is C14H10BrCl3N2O. The van der Waals surface area contributed by atoms with Gasteiger partial charge in [0, 0.05) is 27.3 Å². The normalized spacial score (nSPS) is 10.5. The Morgan fingerprint density at radius 3 is 2.71 bits per heavy atom. The Kier molecular flexibility index (Phi) is 5.88. The second-order valence-electron chi connectivity index (χ2n) is 4.23.